The normalized spacial score (nSPS) is 13.8. The van der Waals surface area contributed by atoms with E-state index in [9.17, 15) is 0 Å². The lowest BCUT2D eigenvalue weighted by atomic mass is 9.89. The molecule has 2 heterocycles. The maximum absolute atomic E-state index is 6.34. The fraction of sp³-hybridized carbons (Fsp3) is 0.273. The number of rotatable bonds is 13. The Morgan fingerprint density at radius 3 is 1.29 bits per heavy atom. The summed E-state index contributed by atoms with van der Waals surface area (Å²) < 4.78 is 6.34. The molecule has 0 N–H and O–H groups in total. The average molecular weight is 817 g/mol. The molecule has 5 aromatic carbocycles. The Hall–Kier alpha value is -6.60. The van der Waals surface area contributed by atoms with Gasteiger partial charge in [0.25, 0.3) is 0 Å². The summed E-state index contributed by atoms with van der Waals surface area (Å²) in [6, 6.07) is 36.7. The monoisotopic (exact) mass is 816 g/mol. The first-order valence-electron chi connectivity index (χ1n) is 21.8. The Morgan fingerprint density at radius 2 is 0.839 bits per heavy atom. The lowest BCUT2D eigenvalue weighted by Gasteiger charge is -2.18. The van der Waals surface area contributed by atoms with Gasteiger partial charge in [0, 0.05) is 32.1 Å². The number of benzene rings is 5. The van der Waals surface area contributed by atoms with Crippen LogP contribution in [-0.4, -0.2) is 29.9 Å². The molecule has 0 amide bonds. The van der Waals surface area contributed by atoms with Crippen molar-refractivity contribution in [2.24, 2.45) is 5.92 Å². The highest BCUT2D eigenvalue weighted by molar-refractivity contribution is 5.64. The third-order valence-corrected chi connectivity index (χ3v) is 12.3. The Bertz CT molecular complexity index is 2730. The van der Waals surface area contributed by atoms with Gasteiger partial charge in [-0.1, -0.05) is 114 Å². The van der Waals surface area contributed by atoms with E-state index in [1.165, 1.54) is 50.1 Å². The summed E-state index contributed by atoms with van der Waals surface area (Å²) in [5.74, 6) is 4.91. The van der Waals surface area contributed by atoms with Crippen LogP contribution in [0.5, 0.6) is 11.8 Å². The Morgan fingerprint density at radius 1 is 0.435 bits per heavy atom. The van der Waals surface area contributed by atoms with Crippen molar-refractivity contribution < 1.29 is 4.74 Å². The van der Waals surface area contributed by atoms with Crippen LogP contribution in [0.15, 0.2) is 126 Å². The molecular formula is C55H56N6O. The van der Waals surface area contributed by atoms with Crippen LogP contribution < -0.4 is 4.74 Å². The van der Waals surface area contributed by atoms with Crippen molar-refractivity contribution >= 4 is 0 Å². The van der Waals surface area contributed by atoms with Crippen molar-refractivity contribution in [2.45, 2.75) is 93.9 Å². The number of nitrogens with zero attached hydrogens (tertiary/aromatic N) is 6. The van der Waals surface area contributed by atoms with Gasteiger partial charge in [-0.15, -0.1) is 0 Å². The highest BCUT2D eigenvalue weighted by atomic mass is 16.5. The summed E-state index contributed by atoms with van der Waals surface area (Å²) in [4.78, 5) is 29.5. The summed E-state index contributed by atoms with van der Waals surface area (Å²) >= 11 is 0. The number of aryl methyl sites for hydroxylation is 6. The molecule has 7 aromatic rings. The zero-order chi connectivity index (χ0) is 43.3. The fourth-order valence-electron chi connectivity index (χ4n) is 7.95. The fourth-order valence-corrected chi connectivity index (χ4v) is 7.95. The average Bonchev–Trinajstić information content (AvgIpc) is 3.24. The van der Waals surface area contributed by atoms with Gasteiger partial charge in [-0.3, -0.25) is 0 Å². The predicted molar refractivity (Wildman–Crippen MR) is 250 cm³/mol. The molecule has 7 heteroatoms. The number of hydrogen-bond acceptors (Lipinski definition) is 7. The van der Waals surface area contributed by atoms with Gasteiger partial charge in [0.1, 0.15) is 34.9 Å². The standard InChI is InChI=1S/C55H56N6O/c1-34-9-13-43(25-38(34)5)30-51-56-50(57-52(58-51)31-44-14-10-35(2)39(6)26-44)29-42-17-19-47(20-18-42)48-21-23-49(24-22-48)62-55-60-53(32-45-15-11-36(3)40(7)27-45)59-54(61-55)33-46-16-12-37(4)41(8)28-46/h9-25,27-28,44H,26,29-33H2,1-8H3. The van der Waals surface area contributed by atoms with Gasteiger partial charge in [-0.25, -0.2) is 19.9 Å². The summed E-state index contributed by atoms with van der Waals surface area (Å²) in [7, 11) is 0. The molecule has 0 saturated carbocycles. The molecule has 0 radical (unpaired) electrons. The second kappa shape index (κ2) is 18.6. The second-order valence-electron chi connectivity index (χ2n) is 17.3. The molecule has 0 spiro atoms. The van der Waals surface area contributed by atoms with Gasteiger partial charge in [0.2, 0.25) is 0 Å². The van der Waals surface area contributed by atoms with Crippen molar-refractivity contribution in [3.63, 3.8) is 0 Å². The smallest absolute Gasteiger partial charge is 0.325 e. The zero-order valence-electron chi connectivity index (χ0n) is 37.4. The van der Waals surface area contributed by atoms with E-state index < -0.39 is 0 Å². The lowest BCUT2D eigenvalue weighted by molar-refractivity contribution is 0.433. The molecule has 0 saturated heterocycles. The van der Waals surface area contributed by atoms with Crippen molar-refractivity contribution in [3.05, 3.63) is 211 Å². The highest BCUT2D eigenvalue weighted by Crippen LogP contribution is 2.28. The van der Waals surface area contributed by atoms with Crippen molar-refractivity contribution in [1.29, 1.82) is 0 Å². The molecule has 1 aliphatic carbocycles. The van der Waals surface area contributed by atoms with Crippen LogP contribution >= 0.6 is 0 Å². The van der Waals surface area contributed by atoms with Crippen LogP contribution in [0.2, 0.25) is 0 Å². The minimum absolute atomic E-state index is 0.297. The van der Waals surface area contributed by atoms with Gasteiger partial charge < -0.3 is 4.74 Å². The topological polar surface area (TPSA) is 86.6 Å². The first kappa shape index (κ1) is 42.1. The number of aromatic nitrogens is 6. The van der Waals surface area contributed by atoms with Crippen LogP contribution in [-0.2, 0) is 32.1 Å². The van der Waals surface area contributed by atoms with Crippen LogP contribution in [0.25, 0.3) is 11.1 Å². The third-order valence-electron chi connectivity index (χ3n) is 12.3. The summed E-state index contributed by atoms with van der Waals surface area (Å²) in [5.41, 5.74) is 17.3. The van der Waals surface area contributed by atoms with Crippen LogP contribution in [0.4, 0.5) is 0 Å². The molecule has 7 nitrogen and oxygen atoms in total. The van der Waals surface area contributed by atoms with Crippen molar-refractivity contribution in [1.82, 2.24) is 29.9 Å². The molecule has 0 aliphatic heterocycles. The molecule has 1 unspecified atom stereocenters. The van der Waals surface area contributed by atoms with E-state index in [1.54, 1.807) is 0 Å². The minimum Gasteiger partial charge on any atom is -0.424 e. The van der Waals surface area contributed by atoms with E-state index in [2.05, 4.69) is 159 Å². The molecule has 1 atom stereocenters. The maximum Gasteiger partial charge on any atom is 0.325 e. The quantitative estimate of drug-likeness (QED) is 0.115. The maximum atomic E-state index is 6.34. The van der Waals surface area contributed by atoms with Gasteiger partial charge in [0.05, 0.1) is 0 Å². The molecule has 0 bridgehead atoms. The largest absolute Gasteiger partial charge is 0.424 e. The Kier molecular flexibility index (Phi) is 12.6. The molecule has 0 fully saturated rings. The molecule has 312 valence electrons. The second-order valence-corrected chi connectivity index (χ2v) is 17.3. The van der Waals surface area contributed by atoms with E-state index in [0.717, 1.165) is 58.1 Å². The van der Waals surface area contributed by atoms with Gasteiger partial charge in [-0.2, -0.15) is 9.97 Å². The Balaban J connectivity index is 0.983. The summed E-state index contributed by atoms with van der Waals surface area (Å²) in [6.45, 7) is 17.2. The lowest BCUT2D eigenvalue weighted by Crippen LogP contribution is -2.14. The van der Waals surface area contributed by atoms with Crippen molar-refractivity contribution in [2.75, 3.05) is 0 Å². The van der Waals surface area contributed by atoms with Crippen LogP contribution in [0.1, 0.15) is 105 Å². The van der Waals surface area contributed by atoms with E-state index in [-0.39, 0.29) is 0 Å². The molecule has 2 aromatic heterocycles. The van der Waals surface area contributed by atoms with Gasteiger partial charge in [-0.05, 0) is 147 Å². The Labute approximate surface area is 367 Å². The van der Waals surface area contributed by atoms with Crippen molar-refractivity contribution in [3.8, 4) is 22.9 Å². The van der Waals surface area contributed by atoms with E-state index in [1.807, 2.05) is 12.1 Å². The number of ether oxygens (including phenoxy) is 1. The van der Waals surface area contributed by atoms with E-state index >= 15 is 0 Å². The minimum atomic E-state index is 0.297. The molecule has 1 aliphatic rings. The van der Waals surface area contributed by atoms with Gasteiger partial charge >= 0.3 is 6.01 Å². The molecular weight excluding hydrogens is 761 g/mol. The van der Waals surface area contributed by atoms with E-state index in [4.69, 9.17) is 34.6 Å². The van der Waals surface area contributed by atoms with E-state index in [0.29, 0.717) is 55.0 Å². The first-order chi connectivity index (χ1) is 29.9. The predicted octanol–water partition coefficient (Wildman–Crippen LogP) is 12.2. The van der Waals surface area contributed by atoms with Crippen LogP contribution in [0.3, 0.4) is 0 Å². The molecule has 8 rings (SSSR count). The summed E-state index contributed by atoms with van der Waals surface area (Å²) in [6.07, 6.45) is 8.87. The molecule has 62 heavy (non-hydrogen) atoms. The SMILES string of the molecule is CC1=C(C)CC(Cc2nc(Cc3ccc(-c4ccc(Oc5nc(Cc6ccc(C)c(C)c6)nc(Cc6ccc(C)c(C)c6)n5)cc4)cc3)nc(Cc3ccc(C)c(C)c3)n2)C=C1. The zero-order valence-corrected chi connectivity index (χ0v) is 37.4. The number of hydrogen-bond donors (Lipinski definition) is 0. The van der Waals surface area contributed by atoms with Crippen LogP contribution in [0, 0.1) is 47.5 Å². The van der Waals surface area contributed by atoms with Gasteiger partial charge in [0.15, 0.2) is 0 Å². The highest BCUT2D eigenvalue weighted by Gasteiger charge is 2.17. The summed E-state index contributed by atoms with van der Waals surface area (Å²) in [5, 5.41) is 0. The number of allylic oxidation sites excluding steroid dienone is 4. The first-order valence-corrected chi connectivity index (χ1v) is 21.8. The third kappa shape index (κ3) is 10.6.